The van der Waals surface area contributed by atoms with Gasteiger partial charge in [0.2, 0.25) is 0 Å². The Kier molecular flexibility index (Phi) is 5.78. The van der Waals surface area contributed by atoms with Gasteiger partial charge >= 0.3 is 0 Å². The van der Waals surface area contributed by atoms with Gasteiger partial charge in [-0.3, -0.25) is 4.90 Å². The molecule has 0 fully saturated rings. The number of hydrogen-bond donors (Lipinski definition) is 1. The van der Waals surface area contributed by atoms with Gasteiger partial charge in [-0.15, -0.1) is 0 Å². The predicted molar refractivity (Wildman–Crippen MR) is 85.4 cm³/mol. The first-order valence-electron chi connectivity index (χ1n) is 7.22. The van der Waals surface area contributed by atoms with E-state index in [9.17, 15) is 0 Å². The van der Waals surface area contributed by atoms with Crippen molar-refractivity contribution in [1.29, 1.82) is 0 Å². The molecule has 0 spiro atoms. The number of ether oxygens (including phenoxy) is 1. The molecule has 0 amide bonds. The van der Waals surface area contributed by atoms with Gasteiger partial charge in [0.05, 0.1) is 7.11 Å². The Morgan fingerprint density at radius 3 is 2.52 bits per heavy atom. The largest absolute Gasteiger partial charge is 0.496 e. The second-order valence-electron chi connectivity index (χ2n) is 5.28. The van der Waals surface area contributed by atoms with Crippen LogP contribution >= 0.6 is 0 Å². The first-order valence-corrected chi connectivity index (χ1v) is 7.22. The molecule has 2 aromatic rings. The minimum Gasteiger partial charge on any atom is -0.496 e. The summed E-state index contributed by atoms with van der Waals surface area (Å²) in [5.74, 6) is 0.929. The van der Waals surface area contributed by atoms with E-state index in [2.05, 4.69) is 42.3 Å². The highest BCUT2D eigenvalue weighted by atomic mass is 16.5. The van der Waals surface area contributed by atoms with Crippen LogP contribution in [0, 0.1) is 0 Å². The molecular formula is C18H23NO2. The second-order valence-corrected chi connectivity index (χ2v) is 5.28. The number of para-hydroxylation sites is 1. The summed E-state index contributed by atoms with van der Waals surface area (Å²) in [5, 5.41) is 9.02. The molecule has 0 heterocycles. The van der Waals surface area contributed by atoms with Gasteiger partial charge in [0.1, 0.15) is 5.75 Å². The van der Waals surface area contributed by atoms with Gasteiger partial charge in [-0.2, -0.15) is 0 Å². The lowest BCUT2D eigenvalue weighted by atomic mass is 10.1. The lowest BCUT2D eigenvalue weighted by molar-refractivity contribution is 0.299. The van der Waals surface area contributed by atoms with E-state index >= 15 is 0 Å². The highest BCUT2D eigenvalue weighted by Crippen LogP contribution is 2.19. The summed E-state index contributed by atoms with van der Waals surface area (Å²) in [7, 11) is 3.81. The average molecular weight is 285 g/mol. The van der Waals surface area contributed by atoms with Crippen molar-refractivity contribution < 1.29 is 9.84 Å². The SMILES string of the molecule is COc1ccccc1CN(C)Cc1cccc(CCO)c1. The standard InChI is InChI=1S/C18H23NO2/c1-19(14-17-8-3-4-9-18(17)21-2)13-16-7-5-6-15(12-16)10-11-20/h3-9,12,20H,10-11,13-14H2,1-2H3. The fourth-order valence-corrected chi connectivity index (χ4v) is 2.50. The number of nitrogens with zero attached hydrogens (tertiary/aromatic N) is 1. The number of hydrogen-bond acceptors (Lipinski definition) is 3. The topological polar surface area (TPSA) is 32.7 Å². The summed E-state index contributed by atoms with van der Waals surface area (Å²) in [6.45, 7) is 1.91. The van der Waals surface area contributed by atoms with Gasteiger partial charge in [-0.1, -0.05) is 42.5 Å². The summed E-state index contributed by atoms with van der Waals surface area (Å²) in [5.41, 5.74) is 3.63. The Hall–Kier alpha value is -1.84. The number of benzene rings is 2. The van der Waals surface area contributed by atoms with Crippen molar-refractivity contribution in [3.63, 3.8) is 0 Å². The molecule has 0 aliphatic heterocycles. The second kappa shape index (κ2) is 7.81. The maximum absolute atomic E-state index is 9.02. The molecule has 0 unspecified atom stereocenters. The van der Waals surface area contributed by atoms with Crippen molar-refractivity contribution >= 4 is 0 Å². The molecule has 0 aromatic heterocycles. The van der Waals surface area contributed by atoms with Gasteiger partial charge < -0.3 is 9.84 Å². The van der Waals surface area contributed by atoms with Crippen LogP contribution in [0.2, 0.25) is 0 Å². The van der Waals surface area contributed by atoms with Crippen LogP contribution < -0.4 is 4.74 Å². The molecule has 112 valence electrons. The molecule has 0 atom stereocenters. The zero-order chi connectivity index (χ0) is 15.1. The van der Waals surface area contributed by atoms with Crippen LogP contribution in [0.25, 0.3) is 0 Å². The highest BCUT2D eigenvalue weighted by Gasteiger charge is 2.06. The third kappa shape index (κ3) is 4.59. The molecule has 1 N–H and O–H groups in total. The molecule has 2 aromatic carbocycles. The minimum absolute atomic E-state index is 0.195. The Morgan fingerprint density at radius 2 is 1.76 bits per heavy atom. The minimum atomic E-state index is 0.195. The molecule has 2 rings (SSSR count). The van der Waals surface area contributed by atoms with Gasteiger partial charge in [0.15, 0.2) is 0 Å². The lowest BCUT2D eigenvalue weighted by Crippen LogP contribution is -2.17. The first-order chi connectivity index (χ1) is 10.2. The van der Waals surface area contributed by atoms with E-state index in [1.807, 2.05) is 18.2 Å². The lowest BCUT2D eigenvalue weighted by Gasteiger charge is -2.19. The van der Waals surface area contributed by atoms with E-state index < -0.39 is 0 Å². The molecule has 0 aliphatic carbocycles. The number of methoxy groups -OCH3 is 1. The molecule has 3 heteroatoms. The summed E-state index contributed by atoms with van der Waals surface area (Å²) >= 11 is 0. The Labute approximate surface area is 126 Å². The van der Waals surface area contributed by atoms with Crippen molar-refractivity contribution in [2.45, 2.75) is 19.5 Å². The third-order valence-corrected chi connectivity index (χ3v) is 3.48. The van der Waals surface area contributed by atoms with Crippen LogP contribution in [0.1, 0.15) is 16.7 Å². The summed E-state index contributed by atoms with van der Waals surface area (Å²) in [4.78, 5) is 2.26. The summed E-state index contributed by atoms with van der Waals surface area (Å²) < 4.78 is 5.39. The predicted octanol–water partition coefficient (Wildman–Crippen LogP) is 2.86. The molecule has 21 heavy (non-hydrogen) atoms. The zero-order valence-electron chi connectivity index (χ0n) is 12.7. The third-order valence-electron chi connectivity index (χ3n) is 3.48. The van der Waals surface area contributed by atoms with Gasteiger partial charge in [0, 0.05) is 25.3 Å². The molecular weight excluding hydrogens is 262 g/mol. The van der Waals surface area contributed by atoms with E-state index in [1.165, 1.54) is 16.7 Å². The maximum Gasteiger partial charge on any atom is 0.123 e. The van der Waals surface area contributed by atoms with E-state index in [-0.39, 0.29) is 6.61 Å². The summed E-state index contributed by atoms with van der Waals surface area (Å²) in [6, 6.07) is 16.5. The van der Waals surface area contributed by atoms with Crippen LogP contribution in [-0.4, -0.2) is 30.8 Å². The molecule has 0 saturated heterocycles. The molecule has 0 saturated carbocycles. The molecule has 3 nitrogen and oxygen atoms in total. The average Bonchev–Trinajstić information content (AvgIpc) is 2.48. The molecule has 0 bridgehead atoms. The van der Waals surface area contributed by atoms with E-state index in [0.29, 0.717) is 6.42 Å². The van der Waals surface area contributed by atoms with E-state index in [1.54, 1.807) is 7.11 Å². The van der Waals surface area contributed by atoms with E-state index in [0.717, 1.165) is 18.8 Å². The van der Waals surface area contributed by atoms with E-state index in [4.69, 9.17) is 9.84 Å². The quantitative estimate of drug-likeness (QED) is 0.849. The van der Waals surface area contributed by atoms with Crippen molar-refractivity contribution in [2.75, 3.05) is 20.8 Å². The number of rotatable bonds is 7. The van der Waals surface area contributed by atoms with Crippen molar-refractivity contribution in [2.24, 2.45) is 0 Å². The summed E-state index contributed by atoms with van der Waals surface area (Å²) in [6.07, 6.45) is 0.712. The fourth-order valence-electron chi connectivity index (χ4n) is 2.50. The molecule has 0 aliphatic rings. The Balaban J connectivity index is 2.01. The number of aliphatic hydroxyl groups is 1. The van der Waals surface area contributed by atoms with Crippen molar-refractivity contribution in [1.82, 2.24) is 4.90 Å². The van der Waals surface area contributed by atoms with Crippen LogP contribution in [0.3, 0.4) is 0 Å². The van der Waals surface area contributed by atoms with Crippen molar-refractivity contribution in [3.05, 3.63) is 65.2 Å². The van der Waals surface area contributed by atoms with Crippen LogP contribution in [0.5, 0.6) is 5.75 Å². The van der Waals surface area contributed by atoms with Crippen LogP contribution in [0.15, 0.2) is 48.5 Å². The van der Waals surface area contributed by atoms with Gasteiger partial charge in [-0.05, 0) is 30.7 Å². The van der Waals surface area contributed by atoms with Gasteiger partial charge in [-0.25, -0.2) is 0 Å². The zero-order valence-corrected chi connectivity index (χ0v) is 12.7. The van der Waals surface area contributed by atoms with Crippen molar-refractivity contribution in [3.8, 4) is 5.75 Å². The first kappa shape index (κ1) is 15.5. The fraction of sp³-hybridized carbons (Fsp3) is 0.333. The van der Waals surface area contributed by atoms with Crippen LogP contribution in [-0.2, 0) is 19.5 Å². The van der Waals surface area contributed by atoms with Crippen LogP contribution in [0.4, 0.5) is 0 Å². The monoisotopic (exact) mass is 285 g/mol. The maximum atomic E-state index is 9.02. The normalized spacial score (nSPS) is 10.9. The number of aliphatic hydroxyl groups excluding tert-OH is 1. The Bertz CT molecular complexity index is 569. The smallest absolute Gasteiger partial charge is 0.123 e. The molecule has 0 radical (unpaired) electrons. The highest BCUT2D eigenvalue weighted by molar-refractivity contribution is 5.33. The van der Waals surface area contributed by atoms with Gasteiger partial charge in [0.25, 0.3) is 0 Å². The Morgan fingerprint density at radius 1 is 1.00 bits per heavy atom.